The van der Waals surface area contributed by atoms with E-state index in [9.17, 15) is 0 Å². The van der Waals surface area contributed by atoms with Crippen molar-refractivity contribution in [2.75, 3.05) is 44.7 Å². The van der Waals surface area contributed by atoms with Crippen molar-refractivity contribution < 1.29 is 4.42 Å². The summed E-state index contributed by atoms with van der Waals surface area (Å²) >= 11 is 0. The lowest BCUT2D eigenvalue weighted by atomic mass is 9.93. The van der Waals surface area contributed by atoms with Gasteiger partial charge in [0.2, 0.25) is 0 Å². The van der Waals surface area contributed by atoms with Crippen molar-refractivity contribution >= 4 is 11.6 Å². The fourth-order valence-corrected chi connectivity index (χ4v) is 3.80. The molecule has 158 valence electrons. The lowest BCUT2D eigenvalue weighted by Gasteiger charge is -2.34. The Hall–Kier alpha value is -2.50. The van der Waals surface area contributed by atoms with Gasteiger partial charge < -0.3 is 19.5 Å². The number of nitrogens with zero attached hydrogens (tertiary/aromatic N) is 4. The molecule has 0 saturated carbocycles. The average Bonchev–Trinajstić information content (AvgIpc) is 3.29. The largest absolute Gasteiger partial charge is 0.469 e. The maximum Gasteiger partial charge on any atom is 0.193 e. The van der Waals surface area contributed by atoms with E-state index in [1.165, 1.54) is 24.9 Å². The molecular weight excluding hydrogens is 362 g/mol. The van der Waals surface area contributed by atoms with Gasteiger partial charge in [-0.05, 0) is 55.9 Å². The fourth-order valence-electron chi connectivity index (χ4n) is 3.80. The molecule has 1 aliphatic rings. The maximum absolute atomic E-state index is 5.42. The Labute approximate surface area is 175 Å². The summed E-state index contributed by atoms with van der Waals surface area (Å²) in [6.45, 7) is 7.17. The molecule has 6 nitrogen and oxygen atoms in total. The van der Waals surface area contributed by atoms with Crippen LogP contribution in [0.4, 0.5) is 5.69 Å². The Kier molecular flexibility index (Phi) is 8.40. The van der Waals surface area contributed by atoms with Crippen LogP contribution in [-0.2, 0) is 6.42 Å². The van der Waals surface area contributed by atoms with Crippen molar-refractivity contribution in [3.05, 3.63) is 48.7 Å². The maximum atomic E-state index is 5.42. The summed E-state index contributed by atoms with van der Waals surface area (Å²) in [5, 5.41) is 3.51. The molecule has 3 heterocycles. The van der Waals surface area contributed by atoms with E-state index in [0.29, 0.717) is 0 Å². The number of anilines is 1. The van der Waals surface area contributed by atoms with Gasteiger partial charge in [0, 0.05) is 64.3 Å². The molecule has 0 bridgehead atoms. The number of aliphatic imine (C=N–C) groups is 1. The standard InChI is InChI=1S/C23H35N5O/c1-3-12-25-23(26-15-8-22-5-4-19-29-22)27(2)16-9-20-10-17-28(18-11-20)21-6-13-24-14-7-21/h4-7,13-14,19-20H,3,8-12,15-18H2,1-2H3,(H,25,26). The van der Waals surface area contributed by atoms with Crippen LogP contribution in [0.5, 0.6) is 0 Å². The molecule has 0 amide bonds. The van der Waals surface area contributed by atoms with E-state index in [0.717, 1.165) is 63.2 Å². The van der Waals surface area contributed by atoms with Gasteiger partial charge in [0.15, 0.2) is 5.96 Å². The minimum atomic E-state index is 0.783. The number of aromatic nitrogens is 1. The molecule has 2 aromatic heterocycles. The predicted octanol–water partition coefficient (Wildman–Crippen LogP) is 3.81. The third-order valence-electron chi connectivity index (χ3n) is 5.60. The molecule has 2 aromatic rings. The second kappa shape index (κ2) is 11.5. The number of hydrogen-bond acceptors (Lipinski definition) is 4. The highest BCUT2D eigenvalue weighted by molar-refractivity contribution is 5.79. The Morgan fingerprint density at radius 2 is 2.07 bits per heavy atom. The van der Waals surface area contributed by atoms with Gasteiger partial charge in [0.05, 0.1) is 6.26 Å². The number of pyridine rings is 1. The number of rotatable bonds is 9. The Balaban J connectivity index is 1.41. The summed E-state index contributed by atoms with van der Waals surface area (Å²) < 4.78 is 5.42. The molecule has 0 aromatic carbocycles. The third-order valence-corrected chi connectivity index (χ3v) is 5.60. The van der Waals surface area contributed by atoms with Gasteiger partial charge in [-0.25, -0.2) is 0 Å². The third kappa shape index (κ3) is 6.80. The molecule has 3 rings (SSSR count). The summed E-state index contributed by atoms with van der Waals surface area (Å²) in [5.74, 6) is 2.80. The van der Waals surface area contributed by atoms with E-state index in [-0.39, 0.29) is 0 Å². The van der Waals surface area contributed by atoms with Gasteiger partial charge >= 0.3 is 0 Å². The average molecular weight is 398 g/mol. The molecule has 0 atom stereocenters. The zero-order valence-electron chi connectivity index (χ0n) is 17.9. The van der Waals surface area contributed by atoms with Crippen LogP contribution in [0.2, 0.25) is 0 Å². The van der Waals surface area contributed by atoms with Crippen LogP contribution in [0.1, 0.15) is 38.4 Å². The first kappa shape index (κ1) is 21.2. The summed E-state index contributed by atoms with van der Waals surface area (Å²) in [6, 6.07) is 8.18. The van der Waals surface area contributed by atoms with Crippen molar-refractivity contribution in [1.29, 1.82) is 0 Å². The highest BCUT2D eigenvalue weighted by Gasteiger charge is 2.20. The van der Waals surface area contributed by atoms with Gasteiger partial charge in [0.25, 0.3) is 0 Å². The molecule has 0 aliphatic carbocycles. The Morgan fingerprint density at radius 3 is 2.76 bits per heavy atom. The molecule has 1 aliphatic heterocycles. The number of guanidine groups is 1. The van der Waals surface area contributed by atoms with Crippen LogP contribution < -0.4 is 10.2 Å². The normalized spacial score (nSPS) is 15.5. The monoisotopic (exact) mass is 397 g/mol. The highest BCUT2D eigenvalue weighted by atomic mass is 16.3. The molecule has 29 heavy (non-hydrogen) atoms. The van der Waals surface area contributed by atoms with Crippen LogP contribution in [0.25, 0.3) is 0 Å². The minimum absolute atomic E-state index is 0.783. The topological polar surface area (TPSA) is 56.9 Å². The Morgan fingerprint density at radius 1 is 1.28 bits per heavy atom. The molecular formula is C23H35N5O. The van der Waals surface area contributed by atoms with E-state index in [1.807, 2.05) is 24.5 Å². The second-order valence-corrected chi connectivity index (χ2v) is 7.81. The predicted molar refractivity (Wildman–Crippen MR) is 119 cm³/mol. The summed E-state index contributed by atoms with van der Waals surface area (Å²) in [5.41, 5.74) is 1.30. The van der Waals surface area contributed by atoms with Gasteiger partial charge in [-0.2, -0.15) is 0 Å². The van der Waals surface area contributed by atoms with E-state index in [1.54, 1.807) is 6.26 Å². The number of piperidine rings is 1. The summed E-state index contributed by atoms with van der Waals surface area (Å²) in [7, 11) is 2.15. The van der Waals surface area contributed by atoms with Crippen LogP contribution in [0.15, 0.2) is 52.3 Å². The first-order chi connectivity index (χ1) is 14.3. The summed E-state index contributed by atoms with van der Waals surface area (Å²) in [6.07, 6.45) is 11.1. The van der Waals surface area contributed by atoms with Gasteiger partial charge in [0.1, 0.15) is 5.76 Å². The molecule has 0 spiro atoms. The SMILES string of the molecule is CCCN=C(NCCc1ccco1)N(C)CCC1CCN(c2ccncc2)CC1. The minimum Gasteiger partial charge on any atom is -0.469 e. The highest BCUT2D eigenvalue weighted by Crippen LogP contribution is 2.24. The zero-order chi connectivity index (χ0) is 20.3. The van der Waals surface area contributed by atoms with Crippen LogP contribution >= 0.6 is 0 Å². The van der Waals surface area contributed by atoms with Crippen molar-refractivity contribution in [2.45, 2.75) is 39.0 Å². The molecule has 1 fully saturated rings. The van der Waals surface area contributed by atoms with Crippen molar-refractivity contribution in [3.8, 4) is 0 Å². The number of nitrogens with one attached hydrogen (secondary N) is 1. The lowest BCUT2D eigenvalue weighted by Crippen LogP contribution is -2.41. The lowest BCUT2D eigenvalue weighted by molar-refractivity contribution is 0.338. The van der Waals surface area contributed by atoms with Gasteiger partial charge in [-0.1, -0.05) is 6.92 Å². The first-order valence-corrected chi connectivity index (χ1v) is 10.9. The van der Waals surface area contributed by atoms with Gasteiger partial charge in [-0.3, -0.25) is 9.98 Å². The van der Waals surface area contributed by atoms with E-state index in [2.05, 4.69) is 46.2 Å². The van der Waals surface area contributed by atoms with Crippen LogP contribution in [0.3, 0.4) is 0 Å². The number of furan rings is 1. The summed E-state index contributed by atoms with van der Waals surface area (Å²) in [4.78, 5) is 13.6. The zero-order valence-corrected chi connectivity index (χ0v) is 17.9. The molecule has 0 radical (unpaired) electrons. The second-order valence-electron chi connectivity index (χ2n) is 7.81. The van der Waals surface area contributed by atoms with E-state index >= 15 is 0 Å². The van der Waals surface area contributed by atoms with Crippen molar-refractivity contribution in [1.82, 2.24) is 15.2 Å². The van der Waals surface area contributed by atoms with Crippen LogP contribution in [0, 0.1) is 5.92 Å². The number of hydrogen-bond donors (Lipinski definition) is 1. The molecule has 0 unspecified atom stereocenters. The Bertz CT molecular complexity index is 708. The van der Waals surface area contributed by atoms with Crippen molar-refractivity contribution in [2.24, 2.45) is 10.9 Å². The molecule has 6 heteroatoms. The first-order valence-electron chi connectivity index (χ1n) is 10.9. The smallest absolute Gasteiger partial charge is 0.193 e. The van der Waals surface area contributed by atoms with E-state index in [4.69, 9.17) is 9.41 Å². The van der Waals surface area contributed by atoms with Crippen molar-refractivity contribution in [3.63, 3.8) is 0 Å². The molecule has 1 saturated heterocycles. The van der Waals surface area contributed by atoms with Gasteiger partial charge in [-0.15, -0.1) is 0 Å². The quantitative estimate of drug-likeness (QED) is 0.515. The fraction of sp³-hybridized carbons (Fsp3) is 0.565. The van der Waals surface area contributed by atoms with Crippen LogP contribution in [-0.4, -0.2) is 55.6 Å². The van der Waals surface area contributed by atoms with E-state index < -0.39 is 0 Å². The molecule has 1 N–H and O–H groups in total.